The van der Waals surface area contributed by atoms with E-state index in [-0.39, 0.29) is 24.4 Å². The van der Waals surface area contributed by atoms with Crippen molar-refractivity contribution in [3.8, 4) is 0 Å². The molecule has 0 saturated carbocycles. The minimum Gasteiger partial charge on any atom is -0.459 e. The monoisotopic (exact) mass is 381 g/mol. The maximum atomic E-state index is 12.9. The van der Waals surface area contributed by atoms with Crippen molar-refractivity contribution >= 4 is 17.7 Å². The lowest BCUT2D eigenvalue weighted by molar-refractivity contribution is -0.173. The molecule has 0 aromatic rings. The van der Waals surface area contributed by atoms with E-state index in [9.17, 15) is 19.5 Å². The summed E-state index contributed by atoms with van der Waals surface area (Å²) >= 11 is 0. The lowest BCUT2D eigenvalue weighted by Gasteiger charge is -2.32. The highest BCUT2D eigenvalue weighted by atomic mass is 16.7. The van der Waals surface area contributed by atoms with Crippen LogP contribution in [0.4, 0.5) is 0 Å². The van der Waals surface area contributed by atoms with Gasteiger partial charge in [-0.2, -0.15) is 0 Å². The number of likely N-dealkylation sites (N-methyl/N-ethyl adjacent to an activating group) is 1. The van der Waals surface area contributed by atoms with E-state index < -0.39 is 41.3 Å². The van der Waals surface area contributed by atoms with Gasteiger partial charge in [-0.25, -0.2) is 9.59 Å². The molecule has 150 valence electrons. The zero-order chi connectivity index (χ0) is 20.0. The van der Waals surface area contributed by atoms with Crippen LogP contribution in [0, 0.1) is 5.92 Å². The summed E-state index contributed by atoms with van der Waals surface area (Å²) < 4.78 is 16.4. The van der Waals surface area contributed by atoms with Gasteiger partial charge in [0, 0.05) is 25.1 Å². The summed E-state index contributed by atoms with van der Waals surface area (Å²) in [5.41, 5.74) is -2.81. The number of ether oxygens (including phenoxy) is 3. The van der Waals surface area contributed by atoms with E-state index in [0.717, 1.165) is 0 Å². The van der Waals surface area contributed by atoms with Crippen LogP contribution in [0.1, 0.15) is 33.6 Å². The predicted molar refractivity (Wildman–Crippen MR) is 93.7 cm³/mol. The predicted octanol–water partition coefficient (Wildman–Crippen LogP) is 0.221. The standard InChI is InChI=1S/C19H27NO7/c1-11-9-19(12(2)27-19)17(23)26-14-6-8-20(4)7-5-13(15(14)21)10-25-16(22)18(11,3)24/h5,11-12,14,24H,6-10H2,1-4H3/t11-,12-,14-,18-,19-/m1/s1. The number of carbonyl (C=O) groups is 3. The number of carbonyl (C=O) groups excluding carboxylic acids is 3. The zero-order valence-electron chi connectivity index (χ0n) is 16.2. The third kappa shape index (κ3) is 3.66. The molecule has 27 heavy (non-hydrogen) atoms. The van der Waals surface area contributed by atoms with Gasteiger partial charge in [0.25, 0.3) is 0 Å². The lowest BCUT2D eigenvalue weighted by atomic mass is 9.82. The maximum Gasteiger partial charge on any atom is 0.341 e. The molecule has 2 fully saturated rings. The average molecular weight is 381 g/mol. The van der Waals surface area contributed by atoms with Crippen molar-refractivity contribution in [1.29, 1.82) is 0 Å². The fraction of sp³-hybridized carbons (Fsp3) is 0.737. The van der Waals surface area contributed by atoms with Crippen LogP contribution in [0.25, 0.3) is 0 Å². The van der Waals surface area contributed by atoms with E-state index in [1.807, 2.05) is 11.9 Å². The van der Waals surface area contributed by atoms with Crippen LogP contribution in [-0.2, 0) is 28.6 Å². The van der Waals surface area contributed by atoms with Crippen LogP contribution >= 0.6 is 0 Å². The molecular formula is C19H27NO7. The highest BCUT2D eigenvalue weighted by Crippen LogP contribution is 2.45. The molecule has 3 rings (SSSR count). The van der Waals surface area contributed by atoms with Gasteiger partial charge >= 0.3 is 11.9 Å². The summed E-state index contributed by atoms with van der Waals surface area (Å²) in [4.78, 5) is 40.2. The molecule has 2 saturated heterocycles. The van der Waals surface area contributed by atoms with Gasteiger partial charge in [-0.1, -0.05) is 13.0 Å². The molecule has 1 N–H and O–H groups in total. The van der Waals surface area contributed by atoms with Crippen molar-refractivity contribution in [1.82, 2.24) is 4.90 Å². The fourth-order valence-electron chi connectivity index (χ4n) is 3.54. The number of nitrogens with zero attached hydrogens (tertiary/aromatic N) is 1. The summed E-state index contributed by atoms with van der Waals surface area (Å²) in [6.45, 7) is 5.57. The summed E-state index contributed by atoms with van der Waals surface area (Å²) in [5.74, 6) is -2.43. The van der Waals surface area contributed by atoms with Crippen molar-refractivity contribution in [3.05, 3.63) is 11.6 Å². The van der Waals surface area contributed by atoms with Gasteiger partial charge in [0.1, 0.15) is 6.61 Å². The second-order valence-electron chi connectivity index (χ2n) is 8.02. The molecule has 3 heterocycles. The van der Waals surface area contributed by atoms with E-state index in [0.29, 0.717) is 19.5 Å². The minimum atomic E-state index is -1.82. The first-order valence-electron chi connectivity index (χ1n) is 9.28. The number of ketones is 1. The number of esters is 2. The first kappa shape index (κ1) is 20.0. The third-order valence-electron chi connectivity index (χ3n) is 5.95. The Morgan fingerprint density at radius 3 is 2.52 bits per heavy atom. The molecule has 0 radical (unpaired) electrons. The number of Topliss-reactive ketones (excluding diaryl/α,β-unsaturated/α-hetero) is 1. The van der Waals surface area contributed by atoms with Gasteiger partial charge in [0.05, 0.1) is 6.10 Å². The molecule has 3 aliphatic rings. The van der Waals surface area contributed by atoms with E-state index >= 15 is 0 Å². The average Bonchev–Trinajstić information content (AvgIpc) is 3.26. The zero-order valence-corrected chi connectivity index (χ0v) is 16.2. The molecule has 1 spiro atoms. The summed E-state index contributed by atoms with van der Waals surface area (Å²) in [6.07, 6.45) is 0.756. The van der Waals surface area contributed by atoms with Gasteiger partial charge in [-0.3, -0.25) is 4.79 Å². The quantitative estimate of drug-likeness (QED) is 0.469. The SMILES string of the molecule is C[C@@H]1C[C@]2(O[C@@H]2C)C(=O)O[C@@H]2CCN(C)CC=C(COC(=O)[C@]1(C)O)C2=O. The molecule has 8 heteroatoms. The van der Waals surface area contributed by atoms with Crippen LogP contribution in [0.15, 0.2) is 11.6 Å². The van der Waals surface area contributed by atoms with Crippen molar-refractivity contribution < 1.29 is 33.7 Å². The van der Waals surface area contributed by atoms with Crippen molar-refractivity contribution in [3.63, 3.8) is 0 Å². The molecule has 3 aliphatic heterocycles. The molecular weight excluding hydrogens is 354 g/mol. The highest BCUT2D eigenvalue weighted by Gasteiger charge is 2.63. The molecule has 2 bridgehead atoms. The van der Waals surface area contributed by atoms with Crippen LogP contribution < -0.4 is 0 Å². The van der Waals surface area contributed by atoms with Gasteiger partial charge in [-0.05, 0) is 33.2 Å². The van der Waals surface area contributed by atoms with E-state index in [1.165, 1.54) is 6.92 Å². The Hall–Kier alpha value is -1.77. The van der Waals surface area contributed by atoms with Gasteiger partial charge < -0.3 is 24.2 Å². The number of hydrogen-bond acceptors (Lipinski definition) is 8. The number of fused-ring (bicyclic) bond motifs is 2. The van der Waals surface area contributed by atoms with E-state index in [1.54, 1.807) is 19.9 Å². The van der Waals surface area contributed by atoms with Crippen LogP contribution in [-0.4, -0.2) is 77.9 Å². The smallest absolute Gasteiger partial charge is 0.341 e. The van der Waals surface area contributed by atoms with E-state index in [2.05, 4.69) is 0 Å². The molecule has 0 amide bonds. The first-order valence-corrected chi connectivity index (χ1v) is 9.28. The van der Waals surface area contributed by atoms with Gasteiger partial charge in [0.2, 0.25) is 5.78 Å². The van der Waals surface area contributed by atoms with Gasteiger partial charge in [0.15, 0.2) is 17.3 Å². The normalized spacial score (nSPS) is 41.4. The molecule has 5 atom stereocenters. The van der Waals surface area contributed by atoms with Crippen molar-refractivity contribution in [2.24, 2.45) is 5.92 Å². The second-order valence-corrected chi connectivity index (χ2v) is 8.02. The van der Waals surface area contributed by atoms with Crippen molar-refractivity contribution in [2.45, 2.75) is 57.0 Å². The highest BCUT2D eigenvalue weighted by molar-refractivity contribution is 6.01. The minimum absolute atomic E-state index is 0.0958. The molecule has 8 nitrogen and oxygen atoms in total. The topological polar surface area (TPSA) is 106 Å². The van der Waals surface area contributed by atoms with Crippen molar-refractivity contribution in [2.75, 3.05) is 26.7 Å². The largest absolute Gasteiger partial charge is 0.459 e. The number of aliphatic hydroxyl groups is 1. The Morgan fingerprint density at radius 1 is 1.22 bits per heavy atom. The Bertz CT molecular complexity index is 686. The molecule has 0 aromatic heterocycles. The van der Waals surface area contributed by atoms with E-state index in [4.69, 9.17) is 14.2 Å². The first-order chi connectivity index (χ1) is 12.6. The number of epoxide rings is 1. The summed E-state index contributed by atoms with van der Waals surface area (Å²) in [6, 6.07) is 0. The number of rotatable bonds is 0. The Morgan fingerprint density at radius 2 is 1.89 bits per heavy atom. The molecule has 0 unspecified atom stereocenters. The summed E-state index contributed by atoms with van der Waals surface area (Å²) in [5, 5.41) is 10.7. The molecule has 0 aliphatic carbocycles. The second kappa shape index (κ2) is 7.00. The van der Waals surface area contributed by atoms with Crippen LogP contribution in [0.3, 0.4) is 0 Å². The fourth-order valence-corrected chi connectivity index (χ4v) is 3.54. The molecule has 0 aromatic carbocycles. The van der Waals surface area contributed by atoms with Crippen LogP contribution in [0.5, 0.6) is 0 Å². The third-order valence-corrected chi connectivity index (χ3v) is 5.95. The maximum absolute atomic E-state index is 12.9. The Kier molecular flexibility index (Phi) is 5.18. The number of hydrogen-bond donors (Lipinski definition) is 1. The lowest BCUT2D eigenvalue weighted by Crippen LogP contribution is -2.48. The van der Waals surface area contributed by atoms with Gasteiger partial charge in [-0.15, -0.1) is 0 Å². The summed E-state index contributed by atoms with van der Waals surface area (Å²) in [7, 11) is 1.89. The van der Waals surface area contributed by atoms with Crippen LogP contribution in [0.2, 0.25) is 0 Å². The number of cyclic esters (lactones) is 1. The Balaban J connectivity index is 1.97. The Labute approximate surface area is 158 Å².